The van der Waals surface area contributed by atoms with Crippen molar-refractivity contribution in [2.75, 3.05) is 5.75 Å². The maximum absolute atomic E-state index is 11.3. The Hall–Kier alpha value is -0.670. The molecule has 0 heterocycles. The number of rotatable bonds is 4. The predicted molar refractivity (Wildman–Crippen MR) is 64.6 cm³/mol. The van der Waals surface area contributed by atoms with Crippen LogP contribution in [-0.2, 0) is 9.54 Å². The van der Waals surface area contributed by atoms with E-state index in [-0.39, 0.29) is 0 Å². The van der Waals surface area contributed by atoms with Crippen molar-refractivity contribution in [3.05, 3.63) is 34.9 Å². The Morgan fingerprint density at radius 2 is 2.13 bits per heavy atom. The number of hydrogen-bond acceptors (Lipinski definition) is 2. The summed E-state index contributed by atoms with van der Waals surface area (Å²) in [7, 11) is 0. The molecule has 1 N–H and O–H groups in total. The van der Waals surface area contributed by atoms with E-state index in [1.54, 1.807) is 31.2 Å². The van der Waals surface area contributed by atoms with Gasteiger partial charge in [0.15, 0.2) is 0 Å². The molecule has 0 spiro atoms. The minimum atomic E-state index is -0.965. The maximum atomic E-state index is 11.3. The number of benzene rings is 1. The van der Waals surface area contributed by atoms with Gasteiger partial charge in [0.1, 0.15) is 4.75 Å². The Morgan fingerprint density at radius 1 is 1.53 bits per heavy atom. The highest BCUT2D eigenvalue weighted by atomic mass is 35.5. The van der Waals surface area contributed by atoms with E-state index in [0.717, 1.165) is 5.75 Å². The number of hydrogen-bond donors (Lipinski definition) is 1. The fraction of sp³-hybridized carbons (Fsp3) is 0.364. The van der Waals surface area contributed by atoms with Crippen LogP contribution in [0.3, 0.4) is 0 Å². The predicted octanol–water partition coefficient (Wildman–Crippen LogP) is 3.39. The van der Waals surface area contributed by atoms with E-state index in [0.29, 0.717) is 10.6 Å². The van der Waals surface area contributed by atoms with Crippen LogP contribution < -0.4 is 0 Å². The minimum Gasteiger partial charge on any atom is -0.480 e. The van der Waals surface area contributed by atoms with Gasteiger partial charge in [-0.2, -0.15) is 0 Å². The van der Waals surface area contributed by atoms with Crippen LogP contribution in [0.15, 0.2) is 24.3 Å². The normalized spacial score (nSPS) is 14.6. The molecule has 15 heavy (non-hydrogen) atoms. The summed E-state index contributed by atoms with van der Waals surface area (Å²) in [6.07, 6.45) is 0. The first-order chi connectivity index (χ1) is 7.02. The van der Waals surface area contributed by atoms with Crippen LogP contribution in [0.25, 0.3) is 0 Å². The van der Waals surface area contributed by atoms with Gasteiger partial charge in [-0.15, -0.1) is 11.8 Å². The summed E-state index contributed by atoms with van der Waals surface area (Å²) in [5.74, 6) is -0.129. The highest BCUT2D eigenvalue weighted by Gasteiger charge is 2.36. The van der Waals surface area contributed by atoms with E-state index in [1.807, 2.05) is 6.92 Å². The summed E-state index contributed by atoms with van der Waals surface area (Å²) in [6.45, 7) is 3.62. The van der Waals surface area contributed by atoms with Crippen LogP contribution in [0, 0.1) is 0 Å². The molecule has 1 aromatic carbocycles. The molecule has 1 rings (SSSR count). The first-order valence-corrected chi connectivity index (χ1v) is 6.01. The van der Waals surface area contributed by atoms with Crippen LogP contribution in [0.1, 0.15) is 19.4 Å². The molecule has 0 saturated heterocycles. The lowest BCUT2D eigenvalue weighted by molar-refractivity contribution is -0.139. The van der Waals surface area contributed by atoms with Crippen LogP contribution in [0.5, 0.6) is 0 Å². The van der Waals surface area contributed by atoms with Crippen molar-refractivity contribution in [3.8, 4) is 0 Å². The zero-order valence-electron chi connectivity index (χ0n) is 8.66. The standard InChI is InChI=1S/C11H13ClO2S/c1-3-15-11(2,10(13)14)8-6-4-5-7-9(8)12/h4-7H,3H2,1-2H3,(H,13,14). The smallest absolute Gasteiger partial charge is 0.324 e. The summed E-state index contributed by atoms with van der Waals surface area (Å²) < 4.78 is -0.965. The second-order valence-electron chi connectivity index (χ2n) is 3.25. The van der Waals surface area contributed by atoms with Gasteiger partial charge in [-0.1, -0.05) is 36.7 Å². The molecule has 1 unspecified atom stereocenters. The van der Waals surface area contributed by atoms with Crippen molar-refractivity contribution in [1.29, 1.82) is 0 Å². The van der Waals surface area contributed by atoms with Crippen molar-refractivity contribution >= 4 is 29.3 Å². The van der Waals surface area contributed by atoms with Gasteiger partial charge in [-0.3, -0.25) is 4.79 Å². The van der Waals surface area contributed by atoms with Crippen molar-refractivity contribution in [3.63, 3.8) is 0 Å². The Bertz CT molecular complexity index is 367. The van der Waals surface area contributed by atoms with E-state index in [4.69, 9.17) is 11.6 Å². The molecule has 0 saturated carbocycles. The second kappa shape index (κ2) is 4.90. The van der Waals surface area contributed by atoms with E-state index in [1.165, 1.54) is 11.8 Å². The fourth-order valence-electron chi connectivity index (χ4n) is 1.39. The molecule has 0 aliphatic rings. The second-order valence-corrected chi connectivity index (χ2v) is 5.34. The van der Waals surface area contributed by atoms with Gasteiger partial charge in [0, 0.05) is 5.02 Å². The molecule has 0 radical (unpaired) electrons. The number of thioether (sulfide) groups is 1. The van der Waals surface area contributed by atoms with Crippen molar-refractivity contribution in [1.82, 2.24) is 0 Å². The van der Waals surface area contributed by atoms with Gasteiger partial charge in [-0.05, 0) is 24.3 Å². The Kier molecular flexibility index (Phi) is 4.05. The average Bonchev–Trinajstić information content (AvgIpc) is 2.18. The molecule has 0 aromatic heterocycles. The van der Waals surface area contributed by atoms with Crippen molar-refractivity contribution in [2.45, 2.75) is 18.6 Å². The fourth-order valence-corrected chi connectivity index (χ4v) is 2.81. The highest BCUT2D eigenvalue weighted by Crippen LogP contribution is 2.39. The number of halogens is 1. The summed E-state index contributed by atoms with van der Waals surface area (Å²) in [5.41, 5.74) is 0.658. The summed E-state index contributed by atoms with van der Waals surface area (Å²) in [4.78, 5) is 11.3. The molecular formula is C11H13ClO2S. The van der Waals surface area contributed by atoms with Crippen LogP contribution in [0.2, 0.25) is 5.02 Å². The Labute approximate surface area is 98.6 Å². The van der Waals surface area contributed by atoms with Gasteiger partial charge >= 0.3 is 5.97 Å². The lowest BCUT2D eigenvalue weighted by Crippen LogP contribution is -2.29. The first-order valence-electron chi connectivity index (χ1n) is 4.64. The number of carboxylic acid groups (broad SMARTS) is 1. The lowest BCUT2D eigenvalue weighted by Gasteiger charge is -2.25. The summed E-state index contributed by atoms with van der Waals surface area (Å²) in [6, 6.07) is 7.08. The lowest BCUT2D eigenvalue weighted by atomic mass is 10.0. The first kappa shape index (κ1) is 12.4. The summed E-state index contributed by atoms with van der Waals surface area (Å²) >= 11 is 7.38. The number of carboxylic acids is 1. The van der Waals surface area contributed by atoms with Gasteiger partial charge < -0.3 is 5.11 Å². The van der Waals surface area contributed by atoms with E-state index in [9.17, 15) is 9.90 Å². The number of carbonyl (C=O) groups is 1. The quantitative estimate of drug-likeness (QED) is 0.882. The van der Waals surface area contributed by atoms with Crippen LogP contribution in [0.4, 0.5) is 0 Å². The summed E-state index contributed by atoms with van der Waals surface area (Å²) in [5, 5.41) is 9.77. The third-order valence-corrected chi connectivity index (χ3v) is 3.82. The molecule has 0 fully saturated rings. The van der Waals surface area contributed by atoms with Crippen molar-refractivity contribution in [2.24, 2.45) is 0 Å². The Balaban J connectivity index is 3.21. The molecule has 82 valence electrons. The zero-order valence-corrected chi connectivity index (χ0v) is 10.2. The highest BCUT2D eigenvalue weighted by molar-refractivity contribution is 8.00. The molecule has 0 aliphatic carbocycles. The van der Waals surface area contributed by atoms with Crippen LogP contribution in [-0.4, -0.2) is 16.8 Å². The van der Waals surface area contributed by atoms with Gasteiger partial charge in [0.05, 0.1) is 0 Å². The molecular weight excluding hydrogens is 232 g/mol. The van der Waals surface area contributed by atoms with E-state index >= 15 is 0 Å². The van der Waals surface area contributed by atoms with Crippen LogP contribution >= 0.6 is 23.4 Å². The average molecular weight is 245 g/mol. The third kappa shape index (κ3) is 2.47. The molecule has 1 atom stereocenters. The molecule has 1 aromatic rings. The van der Waals surface area contributed by atoms with E-state index in [2.05, 4.69) is 0 Å². The topological polar surface area (TPSA) is 37.3 Å². The van der Waals surface area contributed by atoms with Gasteiger partial charge in [-0.25, -0.2) is 0 Å². The largest absolute Gasteiger partial charge is 0.480 e. The van der Waals surface area contributed by atoms with E-state index < -0.39 is 10.7 Å². The number of aliphatic carboxylic acids is 1. The molecule has 2 nitrogen and oxygen atoms in total. The Morgan fingerprint density at radius 3 is 2.60 bits per heavy atom. The molecule has 0 bridgehead atoms. The maximum Gasteiger partial charge on any atom is 0.324 e. The van der Waals surface area contributed by atoms with Gasteiger partial charge in [0.2, 0.25) is 0 Å². The molecule has 0 aliphatic heterocycles. The minimum absolute atomic E-state index is 0.503. The van der Waals surface area contributed by atoms with Crippen molar-refractivity contribution < 1.29 is 9.90 Å². The third-order valence-electron chi connectivity index (χ3n) is 2.23. The molecule has 4 heteroatoms. The molecule has 0 amide bonds. The van der Waals surface area contributed by atoms with Gasteiger partial charge in [0.25, 0.3) is 0 Å². The zero-order chi connectivity index (χ0) is 11.5. The SMILES string of the molecule is CCSC(C)(C(=O)O)c1ccccc1Cl. The monoisotopic (exact) mass is 244 g/mol.